The highest BCUT2D eigenvalue weighted by atomic mass is 16.6. The van der Waals surface area contributed by atoms with E-state index in [0.29, 0.717) is 11.1 Å². The average molecular weight is 331 g/mol. The molecule has 0 unspecified atom stereocenters. The van der Waals surface area contributed by atoms with Gasteiger partial charge in [-0.2, -0.15) is 0 Å². The van der Waals surface area contributed by atoms with Crippen LogP contribution in [0.4, 0.5) is 16.2 Å². The van der Waals surface area contributed by atoms with Gasteiger partial charge in [0.05, 0.1) is 9.85 Å². The van der Waals surface area contributed by atoms with Gasteiger partial charge in [-0.05, 0) is 11.1 Å². The lowest BCUT2D eigenvalue weighted by atomic mass is 9.92. The summed E-state index contributed by atoms with van der Waals surface area (Å²) in [6.45, 7) is -0.0923. The second-order valence-corrected chi connectivity index (χ2v) is 4.88. The number of primary amides is 1. The van der Waals surface area contributed by atoms with Crippen molar-refractivity contribution < 1.29 is 19.4 Å². The van der Waals surface area contributed by atoms with Gasteiger partial charge in [-0.3, -0.25) is 20.2 Å². The molecule has 9 heteroatoms. The van der Waals surface area contributed by atoms with E-state index in [1.807, 2.05) is 0 Å². The van der Waals surface area contributed by atoms with Crippen molar-refractivity contribution in [1.29, 1.82) is 0 Å². The van der Waals surface area contributed by atoms with Gasteiger partial charge in [-0.1, -0.05) is 24.3 Å². The second-order valence-electron chi connectivity index (χ2n) is 4.88. The van der Waals surface area contributed by atoms with Gasteiger partial charge in [0.15, 0.2) is 0 Å². The molecule has 124 valence electrons. The van der Waals surface area contributed by atoms with Gasteiger partial charge < -0.3 is 10.5 Å². The molecule has 24 heavy (non-hydrogen) atoms. The minimum absolute atomic E-state index is 0.0722. The van der Waals surface area contributed by atoms with Crippen LogP contribution in [0.3, 0.4) is 0 Å². The molecule has 0 aliphatic heterocycles. The molecule has 2 aromatic carbocycles. The molecule has 0 fully saturated rings. The summed E-state index contributed by atoms with van der Waals surface area (Å²) in [6.07, 6.45) is -0.955. The minimum atomic E-state index is -0.955. The van der Waals surface area contributed by atoms with E-state index in [-0.39, 0.29) is 18.0 Å². The summed E-state index contributed by atoms with van der Waals surface area (Å²) in [5.41, 5.74) is 6.14. The van der Waals surface area contributed by atoms with Crippen LogP contribution < -0.4 is 5.73 Å². The molecule has 0 aliphatic rings. The van der Waals surface area contributed by atoms with Gasteiger partial charge in [0.1, 0.15) is 6.61 Å². The number of non-ortho nitro benzene ring substituents is 2. The van der Waals surface area contributed by atoms with Crippen molar-refractivity contribution in [1.82, 2.24) is 0 Å². The summed E-state index contributed by atoms with van der Waals surface area (Å²) in [4.78, 5) is 31.3. The average Bonchev–Trinajstić information content (AvgIpc) is 2.55. The topological polar surface area (TPSA) is 139 Å². The molecule has 0 heterocycles. The van der Waals surface area contributed by atoms with Crippen molar-refractivity contribution in [2.45, 2.75) is 5.92 Å². The Morgan fingerprint density at radius 3 is 1.58 bits per heavy atom. The lowest BCUT2D eigenvalue weighted by Gasteiger charge is -2.17. The molecule has 2 aromatic rings. The number of hydrogen-bond donors (Lipinski definition) is 1. The van der Waals surface area contributed by atoms with Gasteiger partial charge in [0, 0.05) is 30.2 Å². The summed E-state index contributed by atoms with van der Waals surface area (Å²) in [7, 11) is 0. The van der Waals surface area contributed by atoms with E-state index in [9.17, 15) is 25.0 Å². The van der Waals surface area contributed by atoms with Gasteiger partial charge in [0.2, 0.25) is 0 Å². The normalized spacial score (nSPS) is 10.4. The fraction of sp³-hybridized carbons (Fsp3) is 0.133. The molecule has 1 amide bonds. The number of nitrogens with two attached hydrogens (primary N) is 1. The van der Waals surface area contributed by atoms with Crippen molar-refractivity contribution in [2.75, 3.05) is 6.61 Å². The van der Waals surface area contributed by atoms with E-state index in [2.05, 4.69) is 0 Å². The monoisotopic (exact) mass is 331 g/mol. The van der Waals surface area contributed by atoms with Crippen LogP contribution in [0.1, 0.15) is 17.0 Å². The first kappa shape index (κ1) is 16.9. The van der Waals surface area contributed by atoms with Crippen LogP contribution in [0.2, 0.25) is 0 Å². The molecule has 0 aromatic heterocycles. The lowest BCUT2D eigenvalue weighted by molar-refractivity contribution is -0.385. The summed E-state index contributed by atoms with van der Waals surface area (Å²) in [5, 5.41) is 21.4. The Labute approximate surface area is 136 Å². The summed E-state index contributed by atoms with van der Waals surface area (Å²) in [5.74, 6) is -0.459. The van der Waals surface area contributed by atoms with Crippen molar-refractivity contribution in [2.24, 2.45) is 5.73 Å². The lowest BCUT2D eigenvalue weighted by Crippen LogP contribution is -2.18. The zero-order chi connectivity index (χ0) is 17.7. The number of hydrogen-bond acceptors (Lipinski definition) is 6. The molecule has 0 aliphatic carbocycles. The molecular weight excluding hydrogens is 318 g/mol. The maximum Gasteiger partial charge on any atom is 0.404 e. The zero-order valence-electron chi connectivity index (χ0n) is 12.3. The quantitative estimate of drug-likeness (QED) is 0.637. The van der Waals surface area contributed by atoms with E-state index in [0.717, 1.165) is 0 Å². The Morgan fingerprint density at radius 1 is 0.917 bits per heavy atom. The standard InChI is InChI=1S/C15H13N3O6/c16-15(19)24-9-14(10-1-5-12(6-2-10)17(20)21)11-3-7-13(8-4-11)18(22)23/h1-8,14H,9H2,(H2,16,19). The SMILES string of the molecule is NC(=O)OCC(c1ccc([N+](=O)[O-])cc1)c1ccc([N+](=O)[O-])cc1. The number of nitro groups is 2. The maximum atomic E-state index is 10.9. The molecule has 9 nitrogen and oxygen atoms in total. The highest BCUT2D eigenvalue weighted by Gasteiger charge is 2.18. The Morgan fingerprint density at radius 2 is 1.29 bits per heavy atom. The summed E-state index contributed by atoms with van der Waals surface area (Å²) in [6, 6.07) is 11.5. The predicted molar refractivity (Wildman–Crippen MR) is 83.6 cm³/mol. The van der Waals surface area contributed by atoms with Crippen LogP contribution in [0, 0.1) is 20.2 Å². The number of amides is 1. The molecule has 0 spiro atoms. The van der Waals surface area contributed by atoms with E-state index in [4.69, 9.17) is 10.5 Å². The third kappa shape index (κ3) is 4.03. The first-order valence-corrected chi connectivity index (χ1v) is 6.79. The number of benzene rings is 2. The van der Waals surface area contributed by atoms with Gasteiger partial charge >= 0.3 is 6.09 Å². The van der Waals surface area contributed by atoms with Gasteiger partial charge in [0.25, 0.3) is 11.4 Å². The molecule has 0 radical (unpaired) electrons. The first-order valence-electron chi connectivity index (χ1n) is 6.79. The van der Waals surface area contributed by atoms with Crippen molar-refractivity contribution >= 4 is 17.5 Å². The molecule has 0 bridgehead atoms. The summed E-state index contributed by atoms with van der Waals surface area (Å²) < 4.78 is 4.84. The second kappa shape index (κ2) is 7.18. The van der Waals surface area contributed by atoms with Crippen molar-refractivity contribution in [3.8, 4) is 0 Å². The van der Waals surface area contributed by atoms with Gasteiger partial charge in [-0.25, -0.2) is 4.79 Å². The third-order valence-electron chi connectivity index (χ3n) is 3.40. The highest BCUT2D eigenvalue weighted by molar-refractivity contribution is 5.64. The smallest absolute Gasteiger partial charge is 0.404 e. The Kier molecular flexibility index (Phi) is 5.05. The molecule has 0 saturated carbocycles. The molecular formula is C15H13N3O6. The van der Waals surface area contributed by atoms with Crippen LogP contribution in [0.5, 0.6) is 0 Å². The minimum Gasteiger partial charge on any atom is -0.449 e. The molecule has 0 saturated heterocycles. The molecule has 2 rings (SSSR count). The summed E-state index contributed by atoms with van der Waals surface area (Å²) >= 11 is 0. The number of carbonyl (C=O) groups is 1. The van der Waals surface area contributed by atoms with E-state index >= 15 is 0 Å². The van der Waals surface area contributed by atoms with E-state index < -0.39 is 21.9 Å². The Balaban J connectivity index is 2.34. The molecule has 2 N–H and O–H groups in total. The number of carbonyl (C=O) groups excluding carboxylic acids is 1. The van der Waals surface area contributed by atoms with Crippen LogP contribution >= 0.6 is 0 Å². The van der Waals surface area contributed by atoms with E-state index in [1.54, 1.807) is 0 Å². The fourth-order valence-electron chi connectivity index (χ4n) is 2.21. The first-order chi connectivity index (χ1) is 11.4. The highest BCUT2D eigenvalue weighted by Crippen LogP contribution is 2.28. The largest absolute Gasteiger partial charge is 0.449 e. The molecule has 0 atom stereocenters. The fourth-order valence-corrected chi connectivity index (χ4v) is 2.21. The van der Waals surface area contributed by atoms with Gasteiger partial charge in [-0.15, -0.1) is 0 Å². The van der Waals surface area contributed by atoms with Crippen molar-refractivity contribution in [3.63, 3.8) is 0 Å². The Bertz CT molecular complexity index is 700. The van der Waals surface area contributed by atoms with Crippen LogP contribution in [0.15, 0.2) is 48.5 Å². The maximum absolute atomic E-state index is 10.9. The number of ether oxygens (including phenoxy) is 1. The van der Waals surface area contributed by atoms with E-state index in [1.165, 1.54) is 48.5 Å². The number of rotatable bonds is 6. The predicted octanol–water partition coefficient (Wildman–Crippen LogP) is 2.73. The van der Waals surface area contributed by atoms with Crippen molar-refractivity contribution in [3.05, 3.63) is 79.9 Å². The third-order valence-corrected chi connectivity index (χ3v) is 3.40. The zero-order valence-corrected chi connectivity index (χ0v) is 12.3. The number of nitrogens with zero attached hydrogens (tertiary/aromatic N) is 2. The van der Waals surface area contributed by atoms with Crippen LogP contribution in [0.25, 0.3) is 0 Å². The Hall–Kier alpha value is -3.49. The van der Waals surface area contributed by atoms with Crippen LogP contribution in [-0.4, -0.2) is 22.5 Å². The van der Waals surface area contributed by atoms with Crippen LogP contribution in [-0.2, 0) is 4.74 Å². The number of nitro benzene ring substituents is 2.